The lowest BCUT2D eigenvalue weighted by Crippen LogP contribution is -2.40. The van der Waals surface area contributed by atoms with Crippen LogP contribution in [0, 0.1) is 0 Å². The molecule has 0 saturated carbocycles. The minimum Gasteiger partial charge on any atom is -0.497 e. The number of halogens is 1. The second-order valence-electron chi connectivity index (χ2n) is 8.53. The van der Waals surface area contributed by atoms with Gasteiger partial charge in [0.05, 0.1) is 43.2 Å². The first kappa shape index (κ1) is 26.7. The van der Waals surface area contributed by atoms with Crippen molar-refractivity contribution < 1.29 is 23.7 Å². The van der Waals surface area contributed by atoms with Crippen molar-refractivity contribution in [2.75, 3.05) is 21.3 Å². The molecule has 3 aromatic rings. The number of hydrogen-bond donors (Lipinski definition) is 0. The predicted molar refractivity (Wildman–Crippen MR) is 145 cm³/mol. The first-order chi connectivity index (χ1) is 17.7. The van der Waals surface area contributed by atoms with E-state index in [1.807, 2.05) is 12.1 Å². The summed E-state index contributed by atoms with van der Waals surface area (Å²) in [5.41, 5.74) is 1.77. The first-order valence-electron chi connectivity index (χ1n) is 11.5. The molecule has 37 heavy (non-hydrogen) atoms. The summed E-state index contributed by atoms with van der Waals surface area (Å²) in [6, 6.07) is 10.0. The molecule has 0 radical (unpaired) electrons. The molecule has 0 N–H and O–H groups in total. The monoisotopic (exact) mass is 586 g/mol. The zero-order valence-electron chi connectivity index (χ0n) is 21.3. The largest absolute Gasteiger partial charge is 0.497 e. The molecule has 0 fully saturated rings. The lowest BCUT2D eigenvalue weighted by atomic mass is 9.95. The summed E-state index contributed by atoms with van der Waals surface area (Å²) in [5, 5.41) is 0. The van der Waals surface area contributed by atoms with Crippen molar-refractivity contribution in [3.63, 3.8) is 0 Å². The van der Waals surface area contributed by atoms with Crippen molar-refractivity contribution in [2.24, 2.45) is 4.99 Å². The molecular weight excluding hydrogens is 560 g/mol. The van der Waals surface area contributed by atoms with E-state index >= 15 is 0 Å². The van der Waals surface area contributed by atoms with Crippen molar-refractivity contribution in [2.45, 2.75) is 32.9 Å². The Morgan fingerprint density at radius 2 is 1.78 bits per heavy atom. The average molecular weight is 587 g/mol. The highest BCUT2D eigenvalue weighted by Crippen LogP contribution is 2.37. The minimum atomic E-state index is -0.802. The van der Waals surface area contributed by atoms with E-state index in [9.17, 15) is 9.59 Å². The third-order valence-corrected chi connectivity index (χ3v) is 7.27. The first-order valence-corrected chi connectivity index (χ1v) is 13.1. The Bertz CT molecular complexity index is 1570. The summed E-state index contributed by atoms with van der Waals surface area (Å²) in [7, 11) is 4.69. The number of carbonyl (C=O) groups excluding carboxylic acids is 1. The van der Waals surface area contributed by atoms with Crippen LogP contribution in [0.1, 0.15) is 37.9 Å². The van der Waals surface area contributed by atoms with Crippen molar-refractivity contribution >= 4 is 39.3 Å². The number of hydrogen-bond acceptors (Lipinski definition) is 8. The maximum Gasteiger partial charge on any atom is 0.338 e. The molecular formula is C27H27BrN2O6S. The van der Waals surface area contributed by atoms with Crippen LogP contribution in [0.4, 0.5) is 0 Å². The quantitative estimate of drug-likeness (QED) is 0.389. The van der Waals surface area contributed by atoms with Crippen LogP contribution in [0.5, 0.6) is 17.2 Å². The molecule has 1 aliphatic rings. The van der Waals surface area contributed by atoms with Gasteiger partial charge in [-0.2, -0.15) is 0 Å². The number of fused-ring (bicyclic) bond motifs is 1. The molecule has 2 aromatic carbocycles. The van der Waals surface area contributed by atoms with Crippen LogP contribution in [-0.2, 0) is 9.53 Å². The van der Waals surface area contributed by atoms with Crippen LogP contribution >= 0.6 is 27.3 Å². The Kier molecular flexibility index (Phi) is 7.89. The fourth-order valence-electron chi connectivity index (χ4n) is 4.17. The highest BCUT2D eigenvalue weighted by molar-refractivity contribution is 9.10. The van der Waals surface area contributed by atoms with Gasteiger partial charge in [-0.15, -0.1) is 0 Å². The molecule has 0 spiro atoms. The number of methoxy groups -OCH3 is 3. The van der Waals surface area contributed by atoms with Crippen molar-refractivity contribution in [1.82, 2.24) is 4.57 Å². The van der Waals surface area contributed by atoms with Gasteiger partial charge in [-0.3, -0.25) is 9.36 Å². The van der Waals surface area contributed by atoms with Gasteiger partial charge < -0.3 is 18.9 Å². The number of ether oxygens (including phenoxy) is 4. The van der Waals surface area contributed by atoms with E-state index in [0.29, 0.717) is 43.4 Å². The van der Waals surface area contributed by atoms with E-state index in [-0.39, 0.29) is 17.2 Å². The highest BCUT2D eigenvalue weighted by atomic mass is 79.9. The van der Waals surface area contributed by atoms with Gasteiger partial charge in [-0.05, 0) is 63.2 Å². The smallest absolute Gasteiger partial charge is 0.338 e. The summed E-state index contributed by atoms with van der Waals surface area (Å²) < 4.78 is 24.8. The lowest BCUT2D eigenvalue weighted by Gasteiger charge is -2.26. The maximum atomic E-state index is 13.9. The molecule has 0 bridgehead atoms. The fraction of sp³-hybridized carbons (Fsp3) is 0.296. The topological polar surface area (TPSA) is 88.3 Å². The van der Waals surface area contributed by atoms with E-state index < -0.39 is 12.0 Å². The normalized spacial score (nSPS) is 15.4. The third-order valence-electron chi connectivity index (χ3n) is 5.79. The molecule has 1 atom stereocenters. The number of rotatable bonds is 7. The van der Waals surface area contributed by atoms with Gasteiger partial charge in [0.1, 0.15) is 23.3 Å². The third kappa shape index (κ3) is 5.21. The fourth-order valence-corrected chi connectivity index (χ4v) is 5.58. The minimum absolute atomic E-state index is 0.281. The standard InChI is InChI=1S/C27H27BrN2O6S/c1-14(2)36-26(32)23-15(3)29-27-30(24(23)19-13-17(28)7-9-21(19)35-6)25(31)22(37-27)12-16-11-18(33-4)8-10-20(16)34-5/h7-14,24H,1-6H3/b22-12-/t24-/m1/s1. The van der Waals surface area contributed by atoms with Gasteiger partial charge in [-0.1, -0.05) is 27.3 Å². The summed E-state index contributed by atoms with van der Waals surface area (Å²) in [5.74, 6) is 1.22. The zero-order chi connectivity index (χ0) is 26.9. The predicted octanol–water partition coefficient (Wildman–Crippen LogP) is 3.98. The number of benzene rings is 2. The number of allylic oxidation sites excluding steroid dienone is 1. The molecule has 4 rings (SSSR count). The van der Waals surface area contributed by atoms with E-state index in [0.717, 1.165) is 4.47 Å². The SMILES string of the molecule is COc1ccc(OC)c(/C=c2\sc3n(c2=O)[C@H](c2cc(Br)ccc2OC)C(C(=O)OC(C)C)=C(C)N=3)c1. The van der Waals surface area contributed by atoms with Gasteiger partial charge in [0.2, 0.25) is 0 Å². The van der Waals surface area contributed by atoms with E-state index in [2.05, 4.69) is 20.9 Å². The van der Waals surface area contributed by atoms with Crippen LogP contribution in [0.3, 0.4) is 0 Å². The molecule has 0 unspecified atom stereocenters. The Labute approximate surface area is 226 Å². The molecule has 10 heteroatoms. The number of carbonyl (C=O) groups is 1. The number of thiazole rings is 1. The van der Waals surface area contributed by atoms with Gasteiger partial charge >= 0.3 is 5.97 Å². The Hall–Kier alpha value is -3.37. The molecule has 8 nitrogen and oxygen atoms in total. The van der Waals surface area contributed by atoms with Gasteiger partial charge in [-0.25, -0.2) is 9.79 Å². The van der Waals surface area contributed by atoms with E-state index in [4.69, 9.17) is 18.9 Å². The summed E-state index contributed by atoms with van der Waals surface area (Å²) in [4.78, 5) is 32.3. The van der Waals surface area contributed by atoms with Crippen LogP contribution in [0.25, 0.3) is 6.08 Å². The second kappa shape index (κ2) is 10.9. The van der Waals surface area contributed by atoms with Crippen molar-refractivity contribution in [3.8, 4) is 17.2 Å². The molecule has 2 heterocycles. The van der Waals surface area contributed by atoms with Crippen molar-refractivity contribution in [1.29, 1.82) is 0 Å². The molecule has 194 valence electrons. The molecule has 1 aliphatic heterocycles. The van der Waals surface area contributed by atoms with Crippen LogP contribution < -0.4 is 29.1 Å². The van der Waals surface area contributed by atoms with Crippen LogP contribution in [-0.4, -0.2) is 38.0 Å². The number of esters is 1. The summed E-state index contributed by atoms with van der Waals surface area (Å²) in [6.45, 7) is 5.30. The maximum absolute atomic E-state index is 13.9. The Morgan fingerprint density at radius 3 is 2.43 bits per heavy atom. The molecule has 0 amide bonds. The Morgan fingerprint density at radius 1 is 1.08 bits per heavy atom. The summed E-state index contributed by atoms with van der Waals surface area (Å²) >= 11 is 4.74. The van der Waals surface area contributed by atoms with E-state index in [1.54, 1.807) is 72.4 Å². The zero-order valence-corrected chi connectivity index (χ0v) is 23.7. The van der Waals surface area contributed by atoms with Crippen molar-refractivity contribution in [3.05, 3.63) is 83.0 Å². The number of aromatic nitrogens is 1. The second-order valence-corrected chi connectivity index (χ2v) is 10.5. The van der Waals surface area contributed by atoms with Gasteiger partial charge in [0.15, 0.2) is 4.80 Å². The lowest BCUT2D eigenvalue weighted by molar-refractivity contribution is -0.143. The average Bonchev–Trinajstić information content (AvgIpc) is 3.16. The number of nitrogens with zero attached hydrogens (tertiary/aromatic N) is 2. The molecule has 0 aliphatic carbocycles. The van der Waals surface area contributed by atoms with E-state index in [1.165, 1.54) is 15.9 Å². The Balaban J connectivity index is 2.02. The highest BCUT2D eigenvalue weighted by Gasteiger charge is 2.35. The summed E-state index contributed by atoms with van der Waals surface area (Å²) in [6.07, 6.45) is 1.40. The van der Waals surface area contributed by atoms with Crippen LogP contribution in [0.2, 0.25) is 0 Å². The molecule has 0 saturated heterocycles. The van der Waals surface area contributed by atoms with Crippen LogP contribution in [0.15, 0.2) is 61.9 Å². The van der Waals surface area contributed by atoms with Gasteiger partial charge in [0.25, 0.3) is 5.56 Å². The van der Waals surface area contributed by atoms with Gasteiger partial charge in [0, 0.05) is 15.6 Å². The molecule has 1 aromatic heterocycles.